The number of carbonyl (C=O) groups excluding carboxylic acids is 4. The van der Waals surface area contributed by atoms with Gasteiger partial charge in [0.25, 0.3) is 17.5 Å². The van der Waals surface area contributed by atoms with E-state index in [1.807, 2.05) is 0 Å². The molecule has 0 bridgehead atoms. The van der Waals surface area contributed by atoms with Crippen LogP contribution in [0.5, 0.6) is 0 Å². The van der Waals surface area contributed by atoms with Crippen LogP contribution in [-0.2, 0) is 11.2 Å². The van der Waals surface area contributed by atoms with Crippen molar-refractivity contribution < 1.29 is 24.1 Å². The van der Waals surface area contributed by atoms with E-state index in [-0.39, 0.29) is 17.0 Å². The minimum atomic E-state index is -0.842. The quantitative estimate of drug-likeness (QED) is 0.234. The standard InChI is InChI=1S/C21H19N3O6/c1-13(25)22-11-3-4-14-7-9-15(10-8-14)18(26)12-23-20(27)16-5-2-6-17(24(29)30)19(16)21(23)28/h2,5-10H,3-4,11-12H2,1H3,(H,22,25). The third-order valence-corrected chi connectivity index (χ3v) is 4.77. The molecular weight excluding hydrogens is 390 g/mol. The number of imide groups is 1. The van der Waals surface area contributed by atoms with Gasteiger partial charge in [0, 0.05) is 25.1 Å². The van der Waals surface area contributed by atoms with Crippen LogP contribution in [0.25, 0.3) is 0 Å². The molecule has 1 aliphatic rings. The molecule has 0 saturated heterocycles. The first-order valence-corrected chi connectivity index (χ1v) is 9.29. The van der Waals surface area contributed by atoms with Crippen molar-refractivity contribution >= 4 is 29.2 Å². The highest BCUT2D eigenvalue weighted by molar-refractivity contribution is 6.24. The molecule has 0 fully saturated rings. The number of nitrogens with zero attached hydrogens (tertiary/aromatic N) is 2. The zero-order chi connectivity index (χ0) is 21.8. The first-order chi connectivity index (χ1) is 14.3. The Kier molecular flexibility index (Phi) is 6.01. The fraction of sp³-hybridized carbons (Fsp3) is 0.238. The number of hydrogen-bond donors (Lipinski definition) is 1. The maximum absolute atomic E-state index is 12.6. The van der Waals surface area contributed by atoms with Crippen LogP contribution in [0.3, 0.4) is 0 Å². The monoisotopic (exact) mass is 409 g/mol. The molecule has 9 heteroatoms. The molecule has 0 aliphatic carbocycles. The summed E-state index contributed by atoms with van der Waals surface area (Å²) < 4.78 is 0. The third-order valence-electron chi connectivity index (χ3n) is 4.77. The van der Waals surface area contributed by atoms with Crippen molar-refractivity contribution in [3.05, 3.63) is 74.8 Å². The number of nitro benzene ring substituents is 1. The molecule has 0 saturated carbocycles. The van der Waals surface area contributed by atoms with E-state index in [4.69, 9.17) is 0 Å². The molecule has 30 heavy (non-hydrogen) atoms. The summed E-state index contributed by atoms with van der Waals surface area (Å²) in [6, 6.07) is 10.6. The summed E-state index contributed by atoms with van der Waals surface area (Å²) in [4.78, 5) is 59.7. The number of benzene rings is 2. The van der Waals surface area contributed by atoms with Crippen LogP contribution < -0.4 is 5.32 Å². The number of amides is 3. The second-order valence-corrected chi connectivity index (χ2v) is 6.86. The van der Waals surface area contributed by atoms with Gasteiger partial charge in [-0.05, 0) is 24.5 Å². The second kappa shape index (κ2) is 8.64. The van der Waals surface area contributed by atoms with Crippen molar-refractivity contribution in [3.8, 4) is 0 Å². The molecule has 154 valence electrons. The molecule has 9 nitrogen and oxygen atoms in total. The van der Waals surface area contributed by atoms with Gasteiger partial charge in [-0.3, -0.25) is 34.2 Å². The molecule has 0 spiro atoms. The van der Waals surface area contributed by atoms with Crippen molar-refractivity contribution in [1.29, 1.82) is 0 Å². The number of Topliss-reactive ketones (excluding diaryl/α,β-unsaturated/α-hetero) is 1. The number of hydrogen-bond acceptors (Lipinski definition) is 6. The van der Waals surface area contributed by atoms with Crippen LogP contribution in [0.2, 0.25) is 0 Å². The van der Waals surface area contributed by atoms with Crippen molar-refractivity contribution in [1.82, 2.24) is 10.2 Å². The van der Waals surface area contributed by atoms with Gasteiger partial charge in [0.2, 0.25) is 5.91 Å². The van der Waals surface area contributed by atoms with Gasteiger partial charge in [-0.15, -0.1) is 0 Å². The minimum Gasteiger partial charge on any atom is -0.356 e. The van der Waals surface area contributed by atoms with Gasteiger partial charge >= 0.3 is 0 Å². The summed E-state index contributed by atoms with van der Waals surface area (Å²) in [7, 11) is 0. The molecule has 0 radical (unpaired) electrons. The molecule has 2 aromatic carbocycles. The van der Waals surface area contributed by atoms with Crippen LogP contribution in [-0.4, -0.2) is 46.4 Å². The highest BCUT2D eigenvalue weighted by Crippen LogP contribution is 2.30. The molecule has 1 N–H and O–H groups in total. The van der Waals surface area contributed by atoms with Crippen LogP contribution in [0.1, 0.15) is 50.0 Å². The van der Waals surface area contributed by atoms with Gasteiger partial charge in [0.15, 0.2) is 5.78 Å². The molecule has 0 unspecified atom stereocenters. The fourth-order valence-electron chi connectivity index (χ4n) is 3.26. The van der Waals surface area contributed by atoms with E-state index >= 15 is 0 Å². The summed E-state index contributed by atoms with van der Waals surface area (Å²) in [5.41, 5.74) is 0.496. The first-order valence-electron chi connectivity index (χ1n) is 9.29. The lowest BCUT2D eigenvalue weighted by Crippen LogP contribution is -2.35. The molecule has 1 aliphatic heterocycles. The predicted molar refractivity (Wildman–Crippen MR) is 106 cm³/mol. The first kappa shape index (κ1) is 20.8. The normalized spacial score (nSPS) is 12.6. The van der Waals surface area contributed by atoms with E-state index in [9.17, 15) is 29.3 Å². The van der Waals surface area contributed by atoms with Crippen LogP contribution in [0.15, 0.2) is 42.5 Å². The van der Waals surface area contributed by atoms with Gasteiger partial charge in [-0.2, -0.15) is 0 Å². The zero-order valence-electron chi connectivity index (χ0n) is 16.2. The number of fused-ring (bicyclic) bond motifs is 1. The van der Waals surface area contributed by atoms with Gasteiger partial charge in [0.05, 0.1) is 17.0 Å². The molecule has 0 atom stereocenters. The molecular formula is C21H19N3O6. The minimum absolute atomic E-state index is 0.0727. The Morgan fingerprint density at radius 3 is 2.40 bits per heavy atom. The molecule has 1 heterocycles. The van der Waals surface area contributed by atoms with Crippen molar-refractivity contribution in [2.24, 2.45) is 0 Å². The number of ketones is 1. The Bertz CT molecular complexity index is 1050. The number of nitrogens with one attached hydrogen (secondary N) is 1. The highest BCUT2D eigenvalue weighted by atomic mass is 16.6. The van der Waals surface area contributed by atoms with E-state index in [0.717, 1.165) is 29.4 Å². The summed E-state index contributed by atoms with van der Waals surface area (Å²) in [5, 5.41) is 13.9. The maximum Gasteiger partial charge on any atom is 0.282 e. The molecule has 3 amide bonds. The maximum atomic E-state index is 12.6. The van der Waals surface area contributed by atoms with Gasteiger partial charge in [0.1, 0.15) is 5.56 Å². The van der Waals surface area contributed by atoms with Gasteiger partial charge in [-0.1, -0.05) is 30.3 Å². The smallest absolute Gasteiger partial charge is 0.282 e. The third kappa shape index (κ3) is 4.24. The Morgan fingerprint density at radius 1 is 1.07 bits per heavy atom. The van der Waals surface area contributed by atoms with Crippen LogP contribution >= 0.6 is 0 Å². The topological polar surface area (TPSA) is 127 Å². The van der Waals surface area contributed by atoms with Crippen LogP contribution in [0.4, 0.5) is 5.69 Å². The van der Waals surface area contributed by atoms with Gasteiger partial charge < -0.3 is 5.32 Å². The second-order valence-electron chi connectivity index (χ2n) is 6.86. The Morgan fingerprint density at radius 2 is 1.77 bits per heavy atom. The molecule has 2 aromatic rings. The van der Waals surface area contributed by atoms with E-state index < -0.39 is 34.8 Å². The fourth-order valence-corrected chi connectivity index (χ4v) is 3.26. The van der Waals surface area contributed by atoms with E-state index in [1.54, 1.807) is 24.3 Å². The lowest BCUT2D eigenvalue weighted by atomic mass is 10.0. The Hall–Kier alpha value is -3.88. The summed E-state index contributed by atoms with van der Waals surface area (Å²) in [6.07, 6.45) is 1.47. The zero-order valence-corrected chi connectivity index (χ0v) is 16.2. The molecule has 0 aromatic heterocycles. The molecule has 3 rings (SSSR count). The SMILES string of the molecule is CC(=O)NCCCc1ccc(C(=O)CN2C(=O)c3cccc([N+](=O)[O-])c3C2=O)cc1. The average molecular weight is 409 g/mol. The van der Waals surface area contributed by atoms with Crippen molar-refractivity contribution in [3.63, 3.8) is 0 Å². The highest BCUT2D eigenvalue weighted by Gasteiger charge is 2.41. The Balaban J connectivity index is 1.67. The number of aryl methyl sites for hydroxylation is 1. The van der Waals surface area contributed by atoms with Gasteiger partial charge in [-0.25, -0.2) is 0 Å². The summed E-state index contributed by atoms with van der Waals surface area (Å²) in [5.74, 6) is -2.10. The lowest BCUT2D eigenvalue weighted by Gasteiger charge is -2.13. The predicted octanol–water partition coefficient (Wildman–Crippen LogP) is 2.14. The van der Waals surface area contributed by atoms with Crippen molar-refractivity contribution in [2.45, 2.75) is 19.8 Å². The number of rotatable bonds is 8. The summed E-state index contributed by atoms with van der Waals surface area (Å²) >= 11 is 0. The van der Waals surface area contributed by atoms with E-state index in [0.29, 0.717) is 12.1 Å². The largest absolute Gasteiger partial charge is 0.356 e. The van der Waals surface area contributed by atoms with Crippen LogP contribution in [0, 0.1) is 10.1 Å². The van der Waals surface area contributed by atoms with E-state index in [1.165, 1.54) is 19.1 Å². The Labute approximate surface area is 171 Å². The lowest BCUT2D eigenvalue weighted by molar-refractivity contribution is -0.385. The van der Waals surface area contributed by atoms with Crippen molar-refractivity contribution in [2.75, 3.05) is 13.1 Å². The average Bonchev–Trinajstić information content (AvgIpc) is 2.96. The number of carbonyl (C=O) groups is 4. The number of nitro groups is 1. The summed E-state index contributed by atoms with van der Waals surface area (Å²) in [6.45, 7) is 1.51. The van der Waals surface area contributed by atoms with E-state index in [2.05, 4.69) is 5.32 Å².